The van der Waals surface area contributed by atoms with E-state index in [0.717, 1.165) is 5.56 Å². The van der Waals surface area contributed by atoms with Crippen LogP contribution in [0, 0.1) is 6.92 Å². The molecule has 4 heteroatoms. The molecule has 0 aliphatic heterocycles. The number of ether oxygens (including phenoxy) is 1. The highest BCUT2D eigenvalue weighted by Crippen LogP contribution is 2.21. The Hall–Kier alpha value is -2.00. The van der Waals surface area contributed by atoms with Gasteiger partial charge in [0.05, 0.1) is 10.7 Å². The molecule has 0 radical (unpaired) electrons. The molecule has 0 saturated heterocycles. The maximum Gasteiger partial charge on any atom is 0.265 e. The zero-order valence-corrected chi connectivity index (χ0v) is 12.9. The number of carbonyl (C=O) groups excluding carboxylic acids is 1. The number of benzene rings is 2. The molecular weight excluding hydrogens is 286 g/mol. The summed E-state index contributed by atoms with van der Waals surface area (Å²) in [5, 5.41) is 3.31. The van der Waals surface area contributed by atoms with E-state index in [1.54, 1.807) is 12.1 Å². The minimum absolute atomic E-state index is 0.203. The Labute approximate surface area is 129 Å². The lowest BCUT2D eigenvalue weighted by Gasteiger charge is -2.17. The van der Waals surface area contributed by atoms with Crippen molar-refractivity contribution in [2.45, 2.75) is 26.4 Å². The highest BCUT2D eigenvalue weighted by Gasteiger charge is 2.19. The lowest BCUT2D eigenvalue weighted by atomic mass is 10.2. The van der Waals surface area contributed by atoms with Crippen LogP contribution in [0.15, 0.2) is 48.5 Å². The Morgan fingerprint density at radius 1 is 1.19 bits per heavy atom. The van der Waals surface area contributed by atoms with Gasteiger partial charge in [0.1, 0.15) is 5.75 Å². The highest BCUT2D eigenvalue weighted by atomic mass is 35.5. The maximum atomic E-state index is 12.3. The number of para-hydroxylation sites is 1. The normalized spacial score (nSPS) is 11.8. The second-order valence-electron chi connectivity index (χ2n) is 4.80. The van der Waals surface area contributed by atoms with Gasteiger partial charge < -0.3 is 10.1 Å². The third-order valence-electron chi connectivity index (χ3n) is 3.09. The SMILES string of the molecule is CCC(Oc1ccc(C)cc1)C(=O)Nc1ccccc1Cl. The van der Waals surface area contributed by atoms with Gasteiger partial charge >= 0.3 is 0 Å². The first-order chi connectivity index (χ1) is 10.1. The summed E-state index contributed by atoms with van der Waals surface area (Å²) >= 11 is 6.04. The van der Waals surface area contributed by atoms with Crippen molar-refractivity contribution in [3.63, 3.8) is 0 Å². The van der Waals surface area contributed by atoms with Crippen molar-refractivity contribution in [1.82, 2.24) is 0 Å². The smallest absolute Gasteiger partial charge is 0.265 e. The van der Waals surface area contributed by atoms with Crippen LogP contribution in [-0.2, 0) is 4.79 Å². The third-order valence-corrected chi connectivity index (χ3v) is 3.42. The number of aryl methyl sites for hydroxylation is 1. The number of amides is 1. The molecule has 1 N–H and O–H groups in total. The van der Waals surface area contributed by atoms with Gasteiger partial charge in [-0.05, 0) is 37.6 Å². The number of rotatable bonds is 5. The first-order valence-electron chi connectivity index (χ1n) is 6.89. The molecule has 0 heterocycles. The molecule has 3 nitrogen and oxygen atoms in total. The lowest BCUT2D eigenvalue weighted by Crippen LogP contribution is -2.32. The van der Waals surface area contributed by atoms with Crippen molar-refractivity contribution < 1.29 is 9.53 Å². The van der Waals surface area contributed by atoms with Crippen LogP contribution >= 0.6 is 11.6 Å². The Bertz CT molecular complexity index is 610. The number of nitrogens with one attached hydrogen (secondary N) is 1. The van der Waals surface area contributed by atoms with Gasteiger partial charge in [0.2, 0.25) is 0 Å². The van der Waals surface area contributed by atoms with Crippen LogP contribution in [0.5, 0.6) is 5.75 Å². The molecule has 0 saturated carbocycles. The highest BCUT2D eigenvalue weighted by molar-refractivity contribution is 6.33. The van der Waals surface area contributed by atoms with Crippen LogP contribution in [0.2, 0.25) is 5.02 Å². The predicted octanol–water partition coefficient (Wildman–Crippen LogP) is 4.44. The molecule has 1 atom stereocenters. The first kappa shape index (κ1) is 15.4. The van der Waals surface area contributed by atoms with Gasteiger partial charge in [-0.3, -0.25) is 4.79 Å². The second kappa shape index (κ2) is 7.14. The van der Waals surface area contributed by atoms with Crippen LogP contribution in [0.4, 0.5) is 5.69 Å². The van der Waals surface area contributed by atoms with E-state index in [0.29, 0.717) is 22.9 Å². The predicted molar refractivity (Wildman–Crippen MR) is 86.0 cm³/mol. The maximum absolute atomic E-state index is 12.3. The summed E-state index contributed by atoms with van der Waals surface area (Å²) in [5.74, 6) is 0.480. The zero-order valence-electron chi connectivity index (χ0n) is 12.1. The molecule has 2 aromatic carbocycles. The average molecular weight is 304 g/mol. The summed E-state index contributed by atoms with van der Waals surface area (Å²) in [6.07, 6.45) is 0.0217. The number of hydrogen-bond donors (Lipinski definition) is 1. The van der Waals surface area contributed by atoms with E-state index in [9.17, 15) is 4.79 Å². The fourth-order valence-corrected chi connectivity index (χ4v) is 2.06. The van der Waals surface area contributed by atoms with Gasteiger partial charge in [0.25, 0.3) is 5.91 Å². The molecule has 2 aromatic rings. The van der Waals surface area contributed by atoms with Crippen molar-refractivity contribution in [3.05, 3.63) is 59.1 Å². The summed E-state index contributed by atoms with van der Waals surface area (Å²) in [5.41, 5.74) is 1.74. The molecule has 1 unspecified atom stereocenters. The Morgan fingerprint density at radius 3 is 2.48 bits per heavy atom. The number of anilines is 1. The molecule has 110 valence electrons. The van der Waals surface area contributed by atoms with Gasteiger partial charge in [-0.2, -0.15) is 0 Å². The van der Waals surface area contributed by atoms with E-state index < -0.39 is 6.10 Å². The quantitative estimate of drug-likeness (QED) is 0.886. The molecular formula is C17H18ClNO2. The molecule has 0 spiro atoms. The standard InChI is InChI=1S/C17H18ClNO2/c1-3-16(21-13-10-8-12(2)9-11-13)17(20)19-15-7-5-4-6-14(15)18/h4-11,16H,3H2,1-2H3,(H,19,20). The summed E-state index contributed by atoms with van der Waals surface area (Å²) < 4.78 is 5.74. The van der Waals surface area contributed by atoms with Gasteiger partial charge in [-0.1, -0.05) is 48.4 Å². The Morgan fingerprint density at radius 2 is 1.86 bits per heavy atom. The van der Waals surface area contributed by atoms with E-state index in [-0.39, 0.29) is 5.91 Å². The van der Waals surface area contributed by atoms with Crippen molar-refractivity contribution in [2.75, 3.05) is 5.32 Å². The molecule has 0 fully saturated rings. The van der Waals surface area contributed by atoms with Gasteiger partial charge in [0, 0.05) is 0 Å². The topological polar surface area (TPSA) is 38.3 Å². The van der Waals surface area contributed by atoms with E-state index in [4.69, 9.17) is 16.3 Å². The van der Waals surface area contributed by atoms with E-state index in [1.165, 1.54) is 0 Å². The molecule has 0 aliphatic carbocycles. The molecule has 0 aromatic heterocycles. The van der Waals surface area contributed by atoms with Crippen LogP contribution < -0.4 is 10.1 Å². The number of hydrogen-bond acceptors (Lipinski definition) is 2. The number of halogens is 1. The first-order valence-corrected chi connectivity index (χ1v) is 7.26. The van der Waals surface area contributed by atoms with Crippen LogP contribution in [-0.4, -0.2) is 12.0 Å². The van der Waals surface area contributed by atoms with E-state index in [2.05, 4.69) is 5.32 Å². The number of carbonyl (C=O) groups is 1. The molecule has 21 heavy (non-hydrogen) atoms. The van der Waals surface area contributed by atoms with E-state index in [1.807, 2.05) is 50.2 Å². The molecule has 0 aliphatic rings. The summed E-state index contributed by atoms with van der Waals surface area (Å²) in [4.78, 5) is 12.3. The molecule has 1 amide bonds. The monoisotopic (exact) mass is 303 g/mol. The van der Waals surface area contributed by atoms with Crippen LogP contribution in [0.25, 0.3) is 0 Å². The third kappa shape index (κ3) is 4.23. The van der Waals surface area contributed by atoms with Crippen LogP contribution in [0.1, 0.15) is 18.9 Å². The Balaban J connectivity index is 2.05. The molecule has 0 bridgehead atoms. The van der Waals surface area contributed by atoms with Crippen molar-refractivity contribution >= 4 is 23.2 Å². The van der Waals surface area contributed by atoms with E-state index >= 15 is 0 Å². The van der Waals surface area contributed by atoms with Crippen LogP contribution in [0.3, 0.4) is 0 Å². The minimum Gasteiger partial charge on any atom is -0.481 e. The zero-order chi connectivity index (χ0) is 15.2. The van der Waals surface area contributed by atoms with Crippen molar-refractivity contribution in [2.24, 2.45) is 0 Å². The fraction of sp³-hybridized carbons (Fsp3) is 0.235. The van der Waals surface area contributed by atoms with Crippen molar-refractivity contribution in [1.29, 1.82) is 0 Å². The second-order valence-corrected chi connectivity index (χ2v) is 5.20. The minimum atomic E-state index is -0.552. The summed E-state index contributed by atoms with van der Waals surface area (Å²) in [6, 6.07) is 14.8. The van der Waals surface area contributed by atoms with Gasteiger partial charge in [-0.15, -0.1) is 0 Å². The van der Waals surface area contributed by atoms with Crippen molar-refractivity contribution in [3.8, 4) is 5.75 Å². The average Bonchev–Trinajstić information content (AvgIpc) is 2.49. The molecule has 2 rings (SSSR count). The largest absolute Gasteiger partial charge is 0.481 e. The lowest BCUT2D eigenvalue weighted by molar-refractivity contribution is -0.122. The fourth-order valence-electron chi connectivity index (χ4n) is 1.88. The summed E-state index contributed by atoms with van der Waals surface area (Å²) in [7, 11) is 0. The van der Waals surface area contributed by atoms with Gasteiger partial charge in [0.15, 0.2) is 6.10 Å². The van der Waals surface area contributed by atoms with Gasteiger partial charge in [-0.25, -0.2) is 0 Å². The summed E-state index contributed by atoms with van der Waals surface area (Å²) in [6.45, 7) is 3.91. The Kier molecular flexibility index (Phi) is 5.23.